The van der Waals surface area contributed by atoms with Crippen molar-refractivity contribution in [2.45, 2.75) is 58.5 Å². The largest absolute Gasteiger partial charge is 0.481 e. The molecule has 1 unspecified atom stereocenters. The van der Waals surface area contributed by atoms with Gasteiger partial charge < -0.3 is 16.2 Å². The summed E-state index contributed by atoms with van der Waals surface area (Å²) in [5, 5.41) is 11.3. The average Bonchev–Trinajstić information content (AvgIpc) is 2.26. The molecule has 0 aliphatic carbocycles. The molecule has 0 saturated carbocycles. The second kappa shape index (κ2) is 8.06. The van der Waals surface area contributed by atoms with Crippen LogP contribution in [-0.4, -0.2) is 29.1 Å². The zero-order chi connectivity index (χ0) is 13.4. The molecule has 0 heterocycles. The molecule has 0 rings (SSSR count). The van der Waals surface area contributed by atoms with Gasteiger partial charge in [-0.3, -0.25) is 9.59 Å². The smallest absolute Gasteiger partial charge is 0.303 e. The highest BCUT2D eigenvalue weighted by atomic mass is 16.4. The van der Waals surface area contributed by atoms with E-state index in [1.807, 2.05) is 20.8 Å². The fraction of sp³-hybridized carbons (Fsp3) is 0.833. The Kier molecular flexibility index (Phi) is 7.54. The Morgan fingerprint density at radius 3 is 2.41 bits per heavy atom. The molecule has 4 N–H and O–H groups in total. The average molecular weight is 244 g/mol. The lowest BCUT2D eigenvalue weighted by molar-refractivity contribution is -0.137. The van der Waals surface area contributed by atoms with Gasteiger partial charge in [0.15, 0.2) is 0 Å². The normalized spacial score (nSPS) is 16.0. The maximum atomic E-state index is 11.7. The summed E-state index contributed by atoms with van der Waals surface area (Å²) in [7, 11) is 0. The molecule has 0 aromatic carbocycles. The molecule has 0 saturated heterocycles. The zero-order valence-corrected chi connectivity index (χ0v) is 10.9. The molecule has 0 spiro atoms. The number of hydrogen-bond acceptors (Lipinski definition) is 3. The molecule has 0 aromatic heterocycles. The number of aliphatic carboxylic acids is 1. The highest BCUT2D eigenvalue weighted by molar-refractivity contribution is 5.82. The number of carbonyl (C=O) groups is 2. The third-order valence-electron chi connectivity index (χ3n) is 2.98. The van der Waals surface area contributed by atoms with Crippen LogP contribution < -0.4 is 11.1 Å². The van der Waals surface area contributed by atoms with E-state index < -0.39 is 12.0 Å². The van der Waals surface area contributed by atoms with Crippen molar-refractivity contribution in [1.82, 2.24) is 5.32 Å². The van der Waals surface area contributed by atoms with Crippen LogP contribution in [0.4, 0.5) is 0 Å². The maximum absolute atomic E-state index is 11.7. The SMILES string of the molecule is CC[C@H](C)[C@H](N)C(=O)NC(C)CCCC(=O)O. The van der Waals surface area contributed by atoms with E-state index >= 15 is 0 Å². The molecule has 3 atom stereocenters. The molecule has 5 nitrogen and oxygen atoms in total. The van der Waals surface area contributed by atoms with Crippen molar-refractivity contribution in [3.05, 3.63) is 0 Å². The van der Waals surface area contributed by atoms with E-state index in [-0.39, 0.29) is 24.3 Å². The molecular weight excluding hydrogens is 220 g/mol. The molecule has 0 aliphatic rings. The Bertz CT molecular complexity index is 256. The van der Waals surface area contributed by atoms with Crippen LogP contribution in [-0.2, 0) is 9.59 Å². The fourth-order valence-corrected chi connectivity index (χ4v) is 1.48. The second-order valence-electron chi connectivity index (χ2n) is 4.61. The lowest BCUT2D eigenvalue weighted by Crippen LogP contribution is -2.47. The van der Waals surface area contributed by atoms with Crippen molar-refractivity contribution in [1.29, 1.82) is 0 Å². The number of carboxylic acid groups (broad SMARTS) is 1. The predicted octanol–water partition coefficient (Wildman–Crippen LogP) is 1.12. The summed E-state index contributed by atoms with van der Waals surface area (Å²) < 4.78 is 0. The summed E-state index contributed by atoms with van der Waals surface area (Å²) in [6, 6.07) is -0.515. The number of carbonyl (C=O) groups excluding carboxylic acids is 1. The maximum Gasteiger partial charge on any atom is 0.303 e. The first-order valence-corrected chi connectivity index (χ1v) is 6.16. The van der Waals surface area contributed by atoms with Gasteiger partial charge in [-0.15, -0.1) is 0 Å². The Hall–Kier alpha value is -1.10. The van der Waals surface area contributed by atoms with Crippen LogP contribution in [0.5, 0.6) is 0 Å². The second-order valence-corrected chi connectivity index (χ2v) is 4.61. The minimum Gasteiger partial charge on any atom is -0.481 e. The Labute approximate surface area is 103 Å². The van der Waals surface area contributed by atoms with Crippen LogP contribution in [0.25, 0.3) is 0 Å². The lowest BCUT2D eigenvalue weighted by Gasteiger charge is -2.20. The van der Waals surface area contributed by atoms with Crippen molar-refractivity contribution in [3.63, 3.8) is 0 Å². The molecule has 1 amide bonds. The van der Waals surface area contributed by atoms with Crippen LogP contribution in [0.15, 0.2) is 0 Å². The third-order valence-corrected chi connectivity index (χ3v) is 2.98. The van der Waals surface area contributed by atoms with Gasteiger partial charge in [0, 0.05) is 12.5 Å². The van der Waals surface area contributed by atoms with Gasteiger partial charge in [0.05, 0.1) is 6.04 Å². The number of nitrogens with two attached hydrogens (primary N) is 1. The van der Waals surface area contributed by atoms with Gasteiger partial charge in [-0.25, -0.2) is 0 Å². The fourth-order valence-electron chi connectivity index (χ4n) is 1.48. The Balaban J connectivity index is 3.90. The molecule has 0 radical (unpaired) electrons. The summed E-state index contributed by atoms with van der Waals surface area (Å²) in [6.07, 6.45) is 2.22. The van der Waals surface area contributed by atoms with E-state index in [2.05, 4.69) is 5.32 Å². The summed E-state index contributed by atoms with van der Waals surface area (Å²) in [6.45, 7) is 5.80. The van der Waals surface area contributed by atoms with E-state index in [1.54, 1.807) is 0 Å². The number of nitrogens with one attached hydrogen (secondary N) is 1. The van der Waals surface area contributed by atoms with Crippen LogP contribution in [0, 0.1) is 5.92 Å². The Morgan fingerprint density at radius 2 is 1.94 bits per heavy atom. The van der Waals surface area contributed by atoms with Crippen LogP contribution in [0.2, 0.25) is 0 Å². The van der Waals surface area contributed by atoms with Gasteiger partial charge in [0.1, 0.15) is 0 Å². The van der Waals surface area contributed by atoms with E-state index in [0.717, 1.165) is 6.42 Å². The van der Waals surface area contributed by atoms with Gasteiger partial charge in [0.2, 0.25) is 5.91 Å². The molecule has 17 heavy (non-hydrogen) atoms. The number of carboxylic acids is 1. The first kappa shape index (κ1) is 15.9. The number of hydrogen-bond donors (Lipinski definition) is 3. The predicted molar refractivity (Wildman–Crippen MR) is 66.5 cm³/mol. The van der Waals surface area contributed by atoms with Gasteiger partial charge in [0.25, 0.3) is 0 Å². The quantitative estimate of drug-likeness (QED) is 0.596. The van der Waals surface area contributed by atoms with E-state index in [1.165, 1.54) is 0 Å². The highest BCUT2D eigenvalue weighted by Gasteiger charge is 2.20. The minimum absolute atomic E-state index is 0.0306. The summed E-state index contributed by atoms with van der Waals surface area (Å²) in [4.78, 5) is 22.0. The number of amides is 1. The minimum atomic E-state index is -0.806. The topological polar surface area (TPSA) is 92.4 Å². The van der Waals surface area contributed by atoms with E-state index in [0.29, 0.717) is 12.8 Å². The third kappa shape index (κ3) is 6.94. The number of rotatable bonds is 8. The molecule has 0 aromatic rings. The van der Waals surface area contributed by atoms with Gasteiger partial charge in [-0.1, -0.05) is 20.3 Å². The van der Waals surface area contributed by atoms with Crippen molar-refractivity contribution in [2.75, 3.05) is 0 Å². The van der Waals surface area contributed by atoms with Crippen molar-refractivity contribution < 1.29 is 14.7 Å². The van der Waals surface area contributed by atoms with E-state index in [9.17, 15) is 9.59 Å². The molecule has 100 valence electrons. The highest BCUT2D eigenvalue weighted by Crippen LogP contribution is 2.06. The Morgan fingerprint density at radius 1 is 1.35 bits per heavy atom. The molecule has 0 bridgehead atoms. The van der Waals surface area contributed by atoms with Crippen molar-refractivity contribution in [3.8, 4) is 0 Å². The first-order chi connectivity index (χ1) is 7.88. The summed E-state index contributed by atoms with van der Waals surface area (Å²) >= 11 is 0. The zero-order valence-electron chi connectivity index (χ0n) is 10.9. The molecule has 5 heteroatoms. The van der Waals surface area contributed by atoms with Gasteiger partial charge >= 0.3 is 5.97 Å². The van der Waals surface area contributed by atoms with Crippen LogP contribution in [0.1, 0.15) is 46.5 Å². The van der Waals surface area contributed by atoms with Gasteiger partial charge in [-0.2, -0.15) is 0 Å². The van der Waals surface area contributed by atoms with Crippen LogP contribution in [0.3, 0.4) is 0 Å². The molecular formula is C12H24N2O3. The van der Waals surface area contributed by atoms with E-state index in [4.69, 9.17) is 10.8 Å². The summed E-state index contributed by atoms with van der Waals surface area (Å²) in [5.41, 5.74) is 5.79. The first-order valence-electron chi connectivity index (χ1n) is 6.16. The van der Waals surface area contributed by atoms with Crippen molar-refractivity contribution in [2.24, 2.45) is 11.7 Å². The monoisotopic (exact) mass is 244 g/mol. The lowest BCUT2D eigenvalue weighted by atomic mass is 9.99. The summed E-state index contributed by atoms with van der Waals surface area (Å²) in [5.74, 6) is -0.803. The van der Waals surface area contributed by atoms with Crippen molar-refractivity contribution >= 4 is 11.9 Å². The standard InChI is InChI=1S/C12H24N2O3/c1-4-8(2)11(13)12(17)14-9(3)6-5-7-10(15)16/h8-9,11H,4-7,13H2,1-3H3,(H,14,17)(H,15,16)/t8-,9?,11-/m0/s1. The molecule has 0 aliphatic heterocycles. The van der Waals surface area contributed by atoms with Gasteiger partial charge in [-0.05, 0) is 25.7 Å². The van der Waals surface area contributed by atoms with Crippen LogP contribution >= 0.6 is 0 Å². The molecule has 0 fully saturated rings.